The zero-order chi connectivity index (χ0) is 12.5. The zero-order valence-corrected chi connectivity index (χ0v) is 10.8. The van der Waals surface area contributed by atoms with Gasteiger partial charge in [-0.15, -0.1) is 0 Å². The topological polar surface area (TPSA) is 56.3 Å². The van der Waals surface area contributed by atoms with Crippen molar-refractivity contribution in [3.05, 3.63) is 12.4 Å². The van der Waals surface area contributed by atoms with Crippen LogP contribution in [-0.4, -0.2) is 35.8 Å². The summed E-state index contributed by atoms with van der Waals surface area (Å²) in [6, 6.07) is 0. The summed E-state index contributed by atoms with van der Waals surface area (Å²) in [4.78, 5) is 8.34. The molecule has 1 heterocycles. The van der Waals surface area contributed by atoms with Crippen LogP contribution in [0.4, 0.5) is 5.82 Å². The van der Waals surface area contributed by atoms with Crippen molar-refractivity contribution in [3.63, 3.8) is 0 Å². The largest absolute Gasteiger partial charge is 0.474 e. The number of nitrogens with zero attached hydrogens (tertiary/aromatic N) is 2. The van der Waals surface area contributed by atoms with E-state index in [1.165, 1.54) is 0 Å². The van der Waals surface area contributed by atoms with Gasteiger partial charge in [-0.05, 0) is 20.3 Å². The number of rotatable bonds is 8. The van der Waals surface area contributed by atoms with Gasteiger partial charge in [0.05, 0.1) is 25.1 Å². The van der Waals surface area contributed by atoms with Gasteiger partial charge < -0.3 is 14.8 Å². The predicted octanol–water partition coefficient (Wildman–Crippen LogP) is 2.10. The first kappa shape index (κ1) is 13.7. The van der Waals surface area contributed by atoms with E-state index in [0.717, 1.165) is 18.8 Å². The minimum Gasteiger partial charge on any atom is -0.474 e. The molecule has 1 rings (SSSR count). The molecule has 0 radical (unpaired) electrons. The summed E-state index contributed by atoms with van der Waals surface area (Å²) in [6.07, 6.45) is 4.57. The van der Waals surface area contributed by atoms with Crippen LogP contribution in [0.1, 0.15) is 27.2 Å². The Morgan fingerprint density at radius 1 is 1.29 bits per heavy atom. The first-order valence-electron chi connectivity index (χ1n) is 6.02. The second kappa shape index (κ2) is 7.84. The molecule has 0 fully saturated rings. The standard InChI is InChI=1S/C12H21N3O2/c1-4-5-14-11-8-13-9-12(15-11)17-7-6-16-10(2)3/h8-10H,4-7H2,1-3H3,(H,14,15). The summed E-state index contributed by atoms with van der Waals surface area (Å²) in [5.74, 6) is 1.27. The molecule has 0 unspecified atom stereocenters. The van der Waals surface area contributed by atoms with E-state index in [-0.39, 0.29) is 6.10 Å². The van der Waals surface area contributed by atoms with Gasteiger partial charge in [-0.3, -0.25) is 4.98 Å². The quantitative estimate of drug-likeness (QED) is 0.704. The molecule has 17 heavy (non-hydrogen) atoms. The van der Waals surface area contributed by atoms with E-state index in [9.17, 15) is 0 Å². The lowest BCUT2D eigenvalue weighted by molar-refractivity contribution is 0.0542. The number of anilines is 1. The second-order valence-corrected chi connectivity index (χ2v) is 3.94. The summed E-state index contributed by atoms with van der Waals surface area (Å²) in [7, 11) is 0. The number of ether oxygens (including phenoxy) is 2. The molecule has 5 heteroatoms. The molecule has 0 bridgehead atoms. The predicted molar refractivity (Wildman–Crippen MR) is 67.4 cm³/mol. The van der Waals surface area contributed by atoms with Crippen LogP contribution in [0.2, 0.25) is 0 Å². The number of hydrogen-bond donors (Lipinski definition) is 1. The first-order valence-corrected chi connectivity index (χ1v) is 6.02. The van der Waals surface area contributed by atoms with Crippen LogP contribution in [0.15, 0.2) is 12.4 Å². The highest BCUT2D eigenvalue weighted by atomic mass is 16.5. The molecule has 1 N–H and O–H groups in total. The molecule has 1 aromatic rings. The van der Waals surface area contributed by atoms with E-state index >= 15 is 0 Å². The summed E-state index contributed by atoms with van der Waals surface area (Å²) >= 11 is 0. The molecule has 0 saturated carbocycles. The van der Waals surface area contributed by atoms with Gasteiger partial charge >= 0.3 is 0 Å². The summed E-state index contributed by atoms with van der Waals surface area (Å²) in [5.41, 5.74) is 0. The van der Waals surface area contributed by atoms with Crippen LogP contribution >= 0.6 is 0 Å². The Kier molecular flexibility index (Phi) is 6.32. The van der Waals surface area contributed by atoms with Crippen molar-refractivity contribution >= 4 is 5.82 Å². The van der Waals surface area contributed by atoms with Crippen molar-refractivity contribution in [2.24, 2.45) is 0 Å². The van der Waals surface area contributed by atoms with Crippen molar-refractivity contribution in [1.82, 2.24) is 9.97 Å². The average molecular weight is 239 g/mol. The molecular formula is C12H21N3O2. The van der Waals surface area contributed by atoms with Gasteiger partial charge in [0.1, 0.15) is 12.4 Å². The first-order chi connectivity index (χ1) is 8.22. The molecule has 5 nitrogen and oxygen atoms in total. The number of aromatic nitrogens is 2. The van der Waals surface area contributed by atoms with E-state index < -0.39 is 0 Å². The molecule has 1 aromatic heterocycles. The van der Waals surface area contributed by atoms with Crippen LogP contribution < -0.4 is 10.1 Å². The van der Waals surface area contributed by atoms with Gasteiger partial charge in [-0.2, -0.15) is 4.98 Å². The van der Waals surface area contributed by atoms with Crippen LogP contribution in [0.5, 0.6) is 5.88 Å². The Balaban J connectivity index is 2.32. The van der Waals surface area contributed by atoms with E-state index in [1.54, 1.807) is 12.4 Å². The third-order valence-electron chi connectivity index (χ3n) is 1.95. The minimum atomic E-state index is 0.224. The van der Waals surface area contributed by atoms with E-state index in [1.807, 2.05) is 13.8 Å². The van der Waals surface area contributed by atoms with Crippen molar-refractivity contribution in [2.75, 3.05) is 25.1 Å². The lowest BCUT2D eigenvalue weighted by Gasteiger charge is -2.09. The molecule has 0 spiro atoms. The SMILES string of the molecule is CCCNc1cncc(OCCOC(C)C)n1. The lowest BCUT2D eigenvalue weighted by Crippen LogP contribution is -2.12. The number of hydrogen-bond acceptors (Lipinski definition) is 5. The lowest BCUT2D eigenvalue weighted by atomic mass is 10.5. The average Bonchev–Trinajstić information content (AvgIpc) is 2.32. The molecule has 0 aliphatic carbocycles. The molecule has 0 saturated heterocycles. The molecule has 0 amide bonds. The fraction of sp³-hybridized carbons (Fsp3) is 0.667. The Hall–Kier alpha value is -1.36. The fourth-order valence-electron chi connectivity index (χ4n) is 1.19. The molecule has 0 aliphatic heterocycles. The van der Waals surface area contributed by atoms with E-state index in [2.05, 4.69) is 22.2 Å². The van der Waals surface area contributed by atoms with Gasteiger partial charge in [0, 0.05) is 6.54 Å². The van der Waals surface area contributed by atoms with Crippen molar-refractivity contribution < 1.29 is 9.47 Å². The molecule has 0 aromatic carbocycles. The van der Waals surface area contributed by atoms with Gasteiger partial charge in [-0.1, -0.05) is 6.92 Å². The highest BCUT2D eigenvalue weighted by Gasteiger charge is 1.99. The van der Waals surface area contributed by atoms with Gasteiger partial charge in [0.2, 0.25) is 5.88 Å². The number of nitrogens with one attached hydrogen (secondary N) is 1. The maximum atomic E-state index is 5.44. The van der Waals surface area contributed by atoms with E-state index in [0.29, 0.717) is 19.1 Å². The van der Waals surface area contributed by atoms with Crippen LogP contribution in [0.3, 0.4) is 0 Å². The maximum absolute atomic E-state index is 5.44. The van der Waals surface area contributed by atoms with Crippen molar-refractivity contribution in [3.8, 4) is 5.88 Å². The monoisotopic (exact) mass is 239 g/mol. The van der Waals surface area contributed by atoms with Gasteiger partial charge in [0.15, 0.2) is 0 Å². The third kappa shape index (κ3) is 6.06. The van der Waals surface area contributed by atoms with Crippen LogP contribution in [0.25, 0.3) is 0 Å². The highest BCUT2D eigenvalue weighted by Crippen LogP contribution is 2.08. The van der Waals surface area contributed by atoms with Gasteiger partial charge in [-0.25, -0.2) is 0 Å². The summed E-state index contributed by atoms with van der Waals surface area (Å²) in [6.45, 7) is 8.03. The van der Waals surface area contributed by atoms with Crippen LogP contribution in [0, 0.1) is 0 Å². The summed E-state index contributed by atoms with van der Waals surface area (Å²) < 4.78 is 10.8. The highest BCUT2D eigenvalue weighted by molar-refractivity contribution is 5.32. The Morgan fingerprint density at radius 3 is 2.82 bits per heavy atom. The second-order valence-electron chi connectivity index (χ2n) is 3.94. The van der Waals surface area contributed by atoms with Gasteiger partial charge in [0.25, 0.3) is 0 Å². The smallest absolute Gasteiger partial charge is 0.234 e. The minimum absolute atomic E-state index is 0.224. The Labute approximate surface area is 103 Å². The zero-order valence-electron chi connectivity index (χ0n) is 10.8. The normalized spacial score (nSPS) is 10.6. The Morgan fingerprint density at radius 2 is 2.12 bits per heavy atom. The van der Waals surface area contributed by atoms with Crippen molar-refractivity contribution in [1.29, 1.82) is 0 Å². The van der Waals surface area contributed by atoms with Crippen LogP contribution in [-0.2, 0) is 4.74 Å². The molecule has 0 atom stereocenters. The molecular weight excluding hydrogens is 218 g/mol. The maximum Gasteiger partial charge on any atom is 0.234 e. The van der Waals surface area contributed by atoms with E-state index in [4.69, 9.17) is 9.47 Å². The Bertz CT molecular complexity index is 318. The summed E-state index contributed by atoms with van der Waals surface area (Å²) in [5, 5.41) is 3.16. The molecule has 96 valence electrons. The molecule has 0 aliphatic rings. The fourth-order valence-corrected chi connectivity index (χ4v) is 1.19. The third-order valence-corrected chi connectivity index (χ3v) is 1.95. The van der Waals surface area contributed by atoms with Crippen molar-refractivity contribution in [2.45, 2.75) is 33.3 Å².